The van der Waals surface area contributed by atoms with Crippen molar-refractivity contribution in [1.29, 1.82) is 0 Å². The summed E-state index contributed by atoms with van der Waals surface area (Å²) in [5.41, 5.74) is 1.95. The second kappa shape index (κ2) is 5.50. The number of hydrogen-bond donors (Lipinski definition) is 1. The van der Waals surface area contributed by atoms with E-state index in [0.29, 0.717) is 18.0 Å². The molecule has 6 nitrogen and oxygen atoms in total. The molecular formula is C12H16N4O2S. The van der Waals surface area contributed by atoms with Crippen LogP contribution < -0.4 is 0 Å². The second-order valence-electron chi connectivity index (χ2n) is 4.55. The summed E-state index contributed by atoms with van der Waals surface area (Å²) < 4.78 is 1.67. The number of aromatic carboxylic acids is 1. The first-order valence-electron chi connectivity index (χ1n) is 5.82. The number of carboxylic acid groups (broad SMARTS) is 1. The van der Waals surface area contributed by atoms with Crippen LogP contribution in [0.2, 0.25) is 0 Å². The lowest BCUT2D eigenvalue weighted by molar-refractivity contribution is 0.0702. The Hall–Kier alpha value is -1.73. The zero-order valence-electron chi connectivity index (χ0n) is 11.1. The van der Waals surface area contributed by atoms with E-state index in [-0.39, 0.29) is 0 Å². The third-order valence-electron chi connectivity index (χ3n) is 2.75. The Morgan fingerprint density at radius 3 is 2.79 bits per heavy atom. The molecule has 0 unspecified atom stereocenters. The van der Waals surface area contributed by atoms with Crippen LogP contribution in [-0.2, 0) is 20.1 Å². The van der Waals surface area contributed by atoms with Crippen LogP contribution in [0.15, 0.2) is 12.3 Å². The van der Waals surface area contributed by atoms with Crippen molar-refractivity contribution >= 4 is 17.3 Å². The van der Waals surface area contributed by atoms with Gasteiger partial charge < -0.3 is 5.11 Å². The first kappa shape index (κ1) is 13.7. The average molecular weight is 280 g/mol. The molecule has 0 saturated heterocycles. The third kappa shape index (κ3) is 3.39. The molecule has 1 N–H and O–H groups in total. The van der Waals surface area contributed by atoms with Gasteiger partial charge in [0.25, 0.3) is 0 Å². The Morgan fingerprint density at radius 1 is 1.53 bits per heavy atom. The maximum Gasteiger partial charge on any atom is 0.345 e. The molecule has 0 aliphatic carbocycles. The third-order valence-corrected chi connectivity index (χ3v) is 3.83. The van der Waals surface area contributed by atoms with Crippen molar-refractivity contribution in [2.75, 3.05) is 7.05 Å². The Labute approximate surface area is 115 Å². The molecule has 0 bridgehead atoms. The minimum Gasteiger partial charge on any atom is -0.477 e. The summed E-state index contributed by atoms with van der Waals surface area (Å²) >= 11 is 1.32. The molecule has 2 heterocycles. The predicted octanol–water partition coefficient (Wildman–Crippen LogP) is 1.52. The quantitative estimate of drug-likeness (QED) is 0.899. The highest BCUT2D eigenvalue weighted by Crippen LogP contribution is 2.23. The van der Waals surface area contributed by atoms with Crippen LogP contribution in [0.4, 0.5) is 0 Å². The Morgan fingerprint density at radius 2 is 2.26 bits per heavy atom. The van der Waals surface area contributed by atoms with Gasteiger partial charge in [0.2, 0.25) is 0 Å². The summed E-state index contributed by atoms with van der Waals surface area (Å²) in [5, 5.41) is 16.9. The number of carbonyl (C=O) groups is 1. The second-order valence-corrected chi connectivity index (χ2v) is 5.81. The molecule has 2 aromatic rings. The van der Waals surface area contributed by atoms with Crippen LogP contribution in [-0.4, -0.2) is 38.0 Å². The van der Waals surface area contributed by atoms with Crippen molar-refractivity contribution in [3.8, 4) is 0 Å². The monoisotopic (exact) mass is 280 g/mol. The highest BCUT2D eigenvalue weighted by atomic mass is 32.1. The van der Waals surface area contributed by atoms with E-state index in [4.69, 9.17) is 5.11 Å². The summed E-state index contributed by atoms with van der Waals surface area (Å²) in [6.45, 7) is 3.33. The number of aryl methyl sites for hydroxylation is 2. The average Bonchev–Trinajstić information content (AvgIpc) is 2.86. The normalized spacial score (nSPS) is 11.2. The van der Waals surface area contributed by atoms with E-state index in [2.05, 4.69) is 15.2 Å². The predicted molar refractivity (Wildman–Crippen MR) is 72.2 cm³/mol. The van der Waals surface area contributed by atoms with Gasteiger partial charge in [-0.2, -0.15) is 0 Å². The van der Waals surface area contributed by atoms with Crippen molar-refractivity contribution in [2.24, 2.45) is 7.05 Å². The number of aromatic nitrogens is 3. The molecule has 0 aliphatic rings. The molecule has 7 heteroatoms. The van der Waals surface area contributed by atoms with Crippen LogP contribution in [0, 0.1) is 6.92 Å². The molecule has 0 aromatic carbocycles. The molecule has 0 fully saturated rings. The fourth-order valence-corrected chi connectivity index (χ4v) is 2.75. The highest BCUT2D eigenvalue weighted by Gasteiger charge is 2.13. The molecule has 0 spiro atoms. The number of carboxylic acids is 1. The van der Waals surface area contributed by atoms with E-state index in [0.717, 1.165) is 16.1 Å². The van der Waals surface area contributed by atoms with Crippen LogP contribution in [0.3, 0.4) is 0 Å². The van der Waals surface area contributed by atoms with Gasteiger partial charge in [-0.25, -0.2) is 4.79 Å². The van der Waals surface area contributed by atoms with Crippen molar-refractivity contribution in [2.45, 2.75) is 20.0 Å². The van der Waals surface area contributed by atoms with Gasteiger partial charge in [-0.1, -0.05) is 5.21 Å². The summed E-state index contributed by atoms with van der Waals surface area (Å²) in [7, 11) is 3.81. The van der Waals surface area contributed by atoms with Gasteiger partial charge in [-0.3, -0.25) is 9.58 Å². The molecule has 0 atom stereocenters. The molecule has 0 amide bonds. The van der Waals surface area contributed by atoms with Gasteiger partial charge in [0.1, 0.15) is 4.88 Å². The number of rotatable bonds is 5. The van der Waals surface area contributed by atoms with E-state index >= 15 is 0 Å². The number of hydrogen-bond acceptors (Lipinski definition) is 5. The molecule has 102 valence electrons. The number of thiophene rings is 1. The molecule has 19 heavy (non-hydrogen) atoms. The topological polar surface area (TPSA) is 71.2 Å². The Bertz CT molecular complexity index is 590. The van der Waals surface area contributed by atoms with Crippen LogP contribution in [0.25, 0.3) is 0 Å². The zero-order chi connectivity index (χ0) is 14.0. The summed E-state index contributed by atoms with van der Waals surface area (Å²) in [6.07, 6.45) is 1.87. The first-order valence-corrected chi connectivity index (χ1v) is 6.63. The van der Waals surface area contributed by atoms with E-state index in [1.165, 1.54) is 11.3 Å². The summed E-state index contributed by atoms with van der Waals surface area (Å²) in [4.78, 5) is 14.4. The van der Waals surface area contributed by atoms with Crippen LogP contribution in [0.5, 0.6) is 0 Å². The zero-order valence-corrected chi connectivity index (χ0v) is 11.9. The molecule has 2 rings (SSSR count). The molecule has 0 radical (unpaired) electrons. The maximum atomic E-state index is 10.9. The van der Waals surface area contributed by atoms with E-state index in [9.17, 15) is 4.79 Å². The maximum absolute atomic E-state index is 10.9. The van der Waals surface area contributed by atoms with Crippen molar-refractivity contribution in [3.05, 3.63) is 33.3 Å². The summed E-state index contributed by atoms with van der Waals surface area (Å²) in [6, 6.07) is 1.75. The molecular weight excluding hydrogens is 264 g/mol. The lowest BCUT2D eigenvalue weighted by Crippen LogP contribution is -2.17. The van der Waals surface area contributed by atoms with Gasteiger partial charge in [-0.15, -0.1) is 16.4 Å². The lowest BCUT2D eigenvalue weighted by Gasteiger charge is -2.14. The van der Waals surface area contributed by atoms with Crippen molar-refractivity contribution < 1.29 is 9.90 Å². The smallest absolute Gasteiger partial charge is 0.345 e. The standard InChI is InChI=1S/C12H16N4O2S/c1-8-9(4-11(19-8)12(17)18)5-15(2)6-10-7-16(3)14-13-10/h4,7H,5-6H2,1-3H3,(H,17,18). The van der Waals surface area contributed by atoms with Crippen molar-refractivity contribution in [3.63, 3.8) is 0 Å². The van der Waals surface area contributed by atoms with Gasteiger partial charge in [-0.05, 0) is 25.6 Å². The van der Waals surface area contributed by atoms with E-state index in [1.807, 2.05) is 27.2 Å². The van der Waals surface area contributed by atoms with Crippen LogP contribution in [0.1, 0.15) is 25.8 Å². The minimum atomic E-state index is -0.865. The largest absolute Gasteiger partial charge is 0.477 e. The van der Waals surface area contributed by atoms with Crippen LogP contribution >= 0.6 is 11.3 Å². The molecule has 2 aromatic heterocycles. The van der Waals surface area contributed by atoms with Gasteiger partial charge in [0.05, 0.1) is 5.69 Å². The van der Waals surface area contributed by atoms with Gasteiger partial charge >= 0.3 is 5.97 Å². The first-order chi connectivity index (χ1) is 8.95. The highest BCUT2D eigenvalue weighted by molar-refractivity contribution is 7.14. The summed E-state index contributed by atoms with van der Waals surface area (Å²) in [5.74, 6) is -0.865. The van der Waals surface area contributed by atoms with Gasteiger partial charge in [0, 0.05) is 31.2 Å². The Balaban J connectivity index is 2.02. The SMILES string of the molecule is Cc1sc(C(=O)O)cc1CN(C)Cc1cn(C)nn1. The fraction of sp³-hybridized carbons (Fsp3) is 0.417. The minimum absolute atomic E-state index is 0.389. The van der Waals surface area contributed by atoms with E-state index < -0.39 is 5.97 Å². The van der Waals surface area contributed by atoms with Crippen molar-refractivity contribution in [1.82, 2.24) is 19.9 Å². The number of nitrogens with zero attached hydrogens (tertiary/aromatic N) is 4. The Kier molecular flexibility index (Phi) is 3.96. The van der Waals surface area contributed by atoms with E-state index in [1.54, 1.807) is 10.7 Å². The van der Waals surface area contributed by atoms with Gasteiger partial charge in [0.15, 0.2) is 0 Å². The fourth-order valence-electron chi connectivity index (χ4n) is 1.87. The molecule has 0 aliphatic heterocycles. The lowest BCUT2D eigenvalue weighted by atomic mass is 10.2. The molecule has 0 saturated carbocycles.